The fraction of sp³-hybridized carbons (Fsp3) is 0. The van der Waals surface area contributed by atoms with Gasteiger partial charge >= 0.3 is 0 Å². The number of hydrogen-bond acceptors (Lipinski definition) is 0. The third kappa shape index (κ3) is 1.52. The smallest absolute Gasteiger partial charge is 0.131 e. The Bertz CT molecular complexity index is 922. The SMILES string of the molecule is Fc1[c]c2ccc3c4ccccc4ccc3c2cc1. The molecule has 89 valence electrons. The summed E-state index contributed by atoms with van der Waals surface area (Å²) < 4.78 is 13.2. The minimum atomic E-state index is -0.312. The van der Waals surface area contributed by atoms with Gasteiger partial charge in [-0.2, -0.15) is 0 Å². The Morgan fingerprint density at radius 3 is 2.32 bits per heavy atom. The van der Waals surface area contributed by atoms with Crippen molar-refractivity contribution >= 4 is 32.3 Å². The van der Waals surface area contributed by atoms with Crippen molar-refractivity contribution < 1.29 is 4.39 Å². The van der Waals surface area contributed by atoms with Crippen LogP contribution < -0.4 is 0 Å². The maximum atomic E-state index is 13.2. The summed E-state index contributed by atoms with van der Waals surface area (Å²) in [4.78, 5) is 0. The third-order valence-corrected chi connectivity index (χ3v) is 3.62. The summed E-state index contributed by atoms with van der Waals surface area (Å²) >= 11 is 0. The van der Waals surface area contributed by atoms with Crippen molar-refractivity contribution in [2.75, 3.05) is 0 Å². The van der Waals surface area contributed by atoms with Crippen LogP contribution in [0.5, 0.6) is 0 Å². The van der Waals surface area contributed by atoms with Gasteiger partial charge in [0.15, 0.2) is 0 Å². The first-order valence-corrected chi connectivity index (χ1v) is 6.25. The van der Waals surface area contributed by atoms with Gasteiger partial charge in [0, 0.05) is 6.07 Å². The fourth-order valence-electron chi connectivity index (χ4n) is 2.73. The van der Waals surface area contributed by atoms with E-state index in [2.05, 4.69) is 36.4 Å². The van der Waals surface area contributed by atoms with E-state index in [1.54, 1.807) is 0 Å². The average Bonchev–Trinajstić information content (AvgIpc) is 2.46. The van der Waals surface area contributed by atoms with Gasteiger partial charge in [-0.25, -0.2) is 4.39 Å². The lowest BCUT2D eigenvalue weighted by Crippen LogP contribution is -1.82. The Morgan fingerprint density at radius 1 is 0.632 bits per heavy atom. The maximum absolute atomic E-state index is 13.2. The first kappa shape index (κ1) is 10.5. The summed E-state index contributed by atoms with van der Waals surface area (Å²) in [5.74, 6) is -0.312. The zero-order valence-electron chi connectivity index (χ0n) is 10.2. The lowest BCUT2D eigenvalue weighted by molar-refractivity contribution is 0.627. The second kappa shape index (κ2) is 3.79. The van der Waals surface area contributed by atoms with Crippen LogP contribution in [-0.4, -0.2) is 0 Å². The quantitative estimate of drug-likeness (QED) is 0.379. The minimum absolute atomic E-state index is 0.312. The van der Waals surface area contributed by atoms with Crippen LogP contribution in [0, 0.1) is 11.9 Å². The van der Waals surface area contributed by atoms with Crippen molar-refractivity contribution in [2.24, 2.45) is 0 Å². The molecular weight excluding hydrogens is 235 g/mol. The van der Waals surface area contributed by atoms with Crippen molar-refractivity contribution in [1.29, 1.82) is 0 Å². The first-order valence-electron chi connectivity index (χ1n) is 6.25. The van der Waals surface area contributed by atoms with Crippen LogP contribution in [-0.2, 0) is 0 Å². The molecule has 0 bridgehead atoms. The molecule has 0 nitrogen and oxygen atoms in total. The van der Waals surface area contributed by atoms with E-state index in [9.17, 15) is 4.39 Å². The molecule has 0 aromatic heterocycles. The number of fused-ring (bicyclic) bond motifs is 5. The standard InChI is InChI=1S/C18H10F/c19-14-7-10-16-13(11-14)6-9-17-15-4-2-1-3-12(15)5-8-18(16)17/h1-10H. The predicted molar refractivity (Wildman–Crippen MR) is 77.8 cm³/mol. The highest BCUT2D eigenvalue weighted by Gasteiger charge is 2.05. The summed E-state index contributed by atoms with van der Waals surface area (Å²) in [7, 11) is 0. The molecule has 0 unspecified atom stereocenters. The van der Waals surface area contributed by atoms with Crippen LogP contribution in [0.1, 0.15) is 0 Å². The number of halogens is 1. The van der Waals surface area contributed by atoms with E-state index in [1.165, 1.54) is 22.2 Å². The van der Waals surface area contributed by atoms with Crippen LogP contribution >= 0.6 is 0 Å². The monoisotopic (exact) mass is 245 g/mol. The zero-order chi connectivity index (χ0) is 12.8. The van der Waals surface area contributed by atoms with Gasteiger partial charge in [0.05, 0.1) is 0 Å². The molecule has 19 heavy (non-hydrogen) atoms. The number of benzene rings is 4. The van der Waals surface area contributed by atoms with Crippen molar-refractivity contribution in [3.05, 3.63) is 72.5 Å². The molecule has 0 saturated carbocycles. The second-order valence-electron chi connectivity index (χ2n) is 4.71. The normalized spacial score (nSPS) is 11.4. The van der Waals surface area contributed by atoms with Gasteiger partial charge in [-0.3, -0.25) is 0 Å². The first-order chi connectivity index (χ1) is 9.33. The maximum Gasteiger partial charge on any atom is 0.131 e. The Morgan fingerprint density at radius 2 is 1.37 bits per heavy atom. The molecule has 0 spiro atoms. The van der Waals surface area contributed by atoms with E-state index in [1.807, 2.05) is 24.3 Å². The van der Waals surface area contributed by atoms with Gasteiger partial charge in [0.25, 0.3) is 0 Å². The van der Waals surface area contributed by atoms with Gasteiger partial charge in [0.2, 0.25) is 0 Å². The van der Waals surface area contributed by atoms with Gasteiger partial charge in [-0.1, -0.05) is 54.6 Å². The molecule has 0 saturated heterocycles. The van der Waals surface area contributed by atoms with Crippen molar-refractivity contribution in [2.45, 2.75) is 0 Å². The van der Waals surface area contributed by atoms with Gasteiger partial charge in [-0.05, 0) is 38.4 Å². The molecule has 4 rings (SSSR count). The Hall–Kier alpha value is -2.41. The summed E-state index contributed by atoms with van der Waals surface area (Å²) in [6.45, 7) is 0. The van der Waals surface area contributed by atoms with Crippen LogP contribution in [0.4, 0.5) is 4.39 Å². The molecular formula is C18H10F. The lowest BCUT2D eigenvalue weighted by atomic mass is 9.97. The van der Waals surface area contributed by atoms with Gasteiger partial charge in [-0.15, -0.1) is 0 Å². The molecule has 1 heteroatoms. The van der Waals surface area contributed by atoms with Crippen molar-refractivity contribution in [3.8, 4) is 0 Å². The molecule has 0 fully saturated rings. The molecule has 0 heterocycles. The molecule has 1 radical (unpaired) electrons. The molecule has 0 aliphatic carbocycles. The largest absolute Gasteiger partial charge is 0.206 e. The highest BCUT2D eigenvalue weighted by molar-refractivity contribution is 6.17. The summed E-state index contributed by atoms with van der Waals surface area (Å²) in [6, 6.07) is 22.6. The highest BCUT2D eigenvalue weighted by Crippen LogP contribution is 2.31. The van der Waals surface area contributed by atoms with E-state index in [4.69, 9.17) is 0 Å². The molecule has 4 aromatic carbocycles. The summed E-state index contributed by atoms with van der Waals surface area (Å²) in [5, 5.41) is 6.66. The third-order valence-electron chi connectivity index (χ3n) is 3.62. The highest BCUT2D eigenvalue weighted by atomic mass is 19.1. The van der Waals surface area contributed by atoms with Gasteiger partial charge < -0.3 is 0 Å². The topological polar surface area (TPSA) is 0 Å². The Labute approximate surface area is 110 Å². The van der Waals surface area contributed by atoms with Crippen LogP contribution in [0.2, 0.25) is 0 Å². The van der Waals surface area contributed by atoms with E-state index in [-0.39, 0.29) is 5.82 Å². The number of hydrogen-bond donors (Lipinski definition) is 0. The molecule has 0 aliphatic heterocycles. The zero-order valence-corrected chi connectivity index (χ0v) is 10.2. The molecule has 0 amide bonds. The fourth-order valence-corrected chi connectivity index (χ4v) is 2.73. The number of rotatable bonds is 0. The van der Waals surface area contributed by atoms with Crippen LogP contribution in [0.25, 0.3) is 32.3 Å². The molecule has 0 N–H and O–H groups in total. The van der Waals surface area contributed by atoms with Crippen molar-refractivity contribution in [1.82, 2.24) is 0 Å². The Balaban J connectivity index is 2.26. The Kier molecular flexibility index (Phi) is 2.10. The predicted octanol–water partition coefficient (Wildman–Crippen LogP) is 5.09. The summed E-state index contributed by atoms with van der Waals surface area (Å²) in [5.41, 5.74) is 0. The van der Waals surface area contributed by atoms with E-state index in [0.717, 1.165) is 16.2 Å². The second-order valence-corrected chi connectivity index (χ2v) is 4.71. The molecule has 0 atom stereocenters. The average molecular weight is 245 g/mol. The van der Waals surface area contributed by atoms with Crippen LogP contribution in [0.3, 0.4) is 0 Å². The molecule has 0 aliphatic rings. The minimum Gasteiger partial charge on any atom is -0.206 e. The molecule has 4 aromatic rings. The van der Waals surface area contributed by atoms with Crippen molar-refractivity contribution in [3.63, 3.8) is 0 Å². The van der Waals surface area contributed by atoms with E-state index >= 15 is 0 Å². The van der Waals surface area contributed by atoms with Gasteiger partial charge in [0.1, 0.15) is 5.82 Å². The van der Waals surface area contributed by atoms with Crippen LogP contribution in [0.15, 0.2) is 60.7 Å². The lowest BCUT2D eigenvalue weighted by Gasteiger charge is -2.07. The summed E-state index contributed by atoms with van der Waals surface area (Å²) in [6.07, 6.45) is 0. The van der Waals surface area contributed by atoms with E-state index < -0.39 is 0 Å². The van der Waals surface area contributed by atoms with E-state index in [0.29, 0.717) is 0 Å².